The van der Waals surface area contributed by atoms with Gasteiger partial charge in [0, 0.05) is 10.4 Å². The molecule has 0 saturated carbocycles. The normalized spacial score (nSPS) is 13.3. The SMILES string of the molecule is O=C(CSc1nc2sc3c(c2c(=O)n1-c1ccccc1)CCCC3)NN=Cc1c(O)ccc2ccccc12. The van der Waals surface area contributed by atoms with Gasteiger partial charge in [-0.15, -0.1) is 11.3 Å². The van der Waals surface area contributed by atoms with Crippen molar-refractivity contribution in [1.82, 2.24) is 15.0 Å². The van der Waals surface area contributed by atoms with Crippen LogP contribution in [0.2, 0.25) is 0 Å². The first-order valence-electron chi connectivity index (χ1n) is 12.4. The summed E-state index contributed by atoms with van der Waals surface area (Å²) in [4.78, 5) is 33.3. The highest BCUT2D eigenvalue weighted by atomic mass is 32.2. The number of thiophene rings is 1. The maximum atomic E-state index is 13.8. The molecule has 0 aliphatic heterocycles. The fraction of sp³-hybridized carbons (Fsp3) is 0.172. The van der Waals surface area contributed by atoms with E-state index in [1.54, 1.807) is 22.0 Å². The number of carbonyl (C=O) groups is 1. The lowest BCUT2D eigenvalue weighted by atomic mass is 9.97. The van der Waals surface area contributed by atoms with Crippen molar-refractivity contribution in [3.05, 3.63) is 93.1 Å². The number of aryl methyl sites for hydroxylation is 2. The maximum absolute atomic E-state index is 13.8. The van der Waals surface area contributed by atoms with E-state index in [4.69, 9.17) is 4.98 Å². The van der Waals surface area contributed by atoms with E-state index >= 15 is 0 Å². The van der Waals surface area contributed by atoms with Gasteiger partial charge >= 0.3 is 0 Å². The van der Waals surface area contributed by atoms with Crippen molar-refractivity contribution < 1.29 is 9.90 Å². The predicted molar refractivity (Wildman–Crippen MR) is 154 cm³/mol. The van der Waals surface area contributed by atoms with Crippen LogP contribution in [0.5, 0.6) is 5.75 Å². The third kappa shape index (κ3) is 4.59. The number of hydrazone groups is 1. The lowest BCUT2D eigenvalue weighted by Crippen LogP contribution is -2.24. The molecule has 2 heterocycles. The van der Waals surface area contributed by atoms with Crippen LogP contribution in [0.3, 0.4) is 0 Å². The van der Waals surface area contributed by atoms with Crippen LogP contribution in [0.15, 0.2) is 81.8 Å². The van der Waals surface area contributed by atoms with Gasteiger partial charge in [0.1, 0.15) is 10.6 Å². The van der Waals surface area contributed by atoms with Crippen molar-refractivity contribution in [2.24, 2.45) is 5.10 Å². The van der Waals surface area contributed by atoms with E-state index in [0.717, 1.165) is 52.5 Å². The number of amides is 1. The standard InChI is InChI=1S/C29H24N4O3S2/c34-23-15-14-18-8-4-5-11-20(18)22(23)16-30-32-25(35)17-37-29-31-27-26(21-12-6-7-13-24(21)38-27)28(36)33(29)19-9-2-1-3-10-19/h1-5,8-11,14-16,34H,6-7,12-13,17H2,(H,32,35). The molecule has 6 rings (SSSR count). The van der Waals surface area contributed by atoms with Crippen LogP contribution in [0.1, 0.15) is 28.8 Å². The molecular weight excluding hydrogens is 516 g/mol. The topological polar surface area (TPSA) is 96.6 Å². The van der Waals surface area contributed by atoms with Gasteiger partial charge in [-0.05, 0) is 60.2 Å². The molecule has 1 aliphatic carbocycles. The summed E-state index contributed by atoms with van der Waals surface area (Å²) in [5.74, 6) is -0.237. The molecule has 3 aromatic carbocycles. The van der Waals surface area contributed by atoms with E-state index in [1.807, 2.05) is 60.7 Å². The van der Waals surface area contributed by atoms with Crippen molar-refractivity contribution in [2.75, 3.05) is 5.75 Å². The summed E-state index contributed by atoms with van der Waals surface area (Å²) in [6, 6.07) is 20.5. The number of hydrogen-bond donors (Lipinski definition) is 2. The first-order valence-corrected chi connectivity index (χ1v) is 14.2. The van der Waals surface area contributed by atoms with E-state index < -0.39 is 0 Å². The Morgan fingerprint density at radius 1 is 1.08 bits per heavy atom. The highest BCUT2D eigenvalue weighted by Crippen LogP contribution is 2.35. The highest BCUT2D eigenvalue weighted by Gasteiger charge is 2.23. The second kappa shape index (κ2) is 10.4. The summed E-state index contributed by atoms with van der Waals surface area (Å²) < 4.78 is 1.61. The molecule has 0 fully saturated rings. The smallest absolute Gasteiger partial charge is 0.267 e. The van der Waals surface area contributed by atoms with E-state index in [9.17, 15) is 14.7 Å². The molecule has 5 aromatic rings. The second-order valence-corrected chi connectivity index (χ2v) is 11.1. The zero-order valence-electron chi connectivity index (χ0n) is 20.4. The predicted octanol–water partition coefficient (Wildman–Crippen LogP) is 5.43. The molecule has 0 unspecified atom stereocenters. The van der Waals surface area contributed by atoms with Gasteiger partial charge in [-0.25, -0.2) is 10.4 Å². The Morgan fingerprint density at radius 3 is 2.74 bits per heavy atom. The minimum absolute atomic E-state index is 0.0225. The van der Waals surface area contributed by atoms with Gasteiger partial charge in [0.15, 0.2) is 5.16 Å². The summed E-state index contributed by atoms with van der Waals surface area (Å²) in [6.07, 6.45) is 5.54. The number of thioether (sulfide) groups is 1. The Balaban J connectivity index is 1.26. The number of nitrogens with one attached hydrogen (secondary N) is 1. The average molecular weight is 541 g/mol. The van der Waals surface area contributed by atoms with Gasteiger partial charge in [0.25, 0.3) is 11.5 Å². The van der Waals surface area contributed by atoms with Crippen LogP contribution < -0.4 is 11.0 Å². The Bertz CT molecular complexity index is 1760. The fourth-order valence-electron chi connectivity index (χ4n) is 4.84. The van der Waals surface area contributed by atoms with Crippen molar-refractivity contribution >= 4 is 56.2 Å². The van der Waals surface area contributed by atoms with Crippen molar-refractivity contribution in [3.63, 3.8) is 0 Å². The minimum Gasteiger partial charge on any atom is -0.507 e. The van der Waals surface area contributed by atoms with E-state index in [1.165, 1.54) is 22.9 Å². The number of aromatic hydroxyl groups is 1. The monoisotopic (exact) mass is 540 g/mol. The van der Waals surface area contributed by atoms with Crippen molar-refractivity contribution in [3.8, 4) is 11.4 Å². The lowest BCUT2D eigenvalue weighted by Gasteiger charge is -2.13. The van der Waals surface area contributed by atoms with Gasteiger partial charge in [-0.2, -0.15) is 5.10 Å². The molecule has 7 nitrogen and oxygen atoms in total. The van der Waals surface area contributed by atoms with Crippen LogP contribution in [-0.4, -0.2) is 32.5 Å². The zero-order valence-corrected chi connectivity index (χ0v) is 22.0. The van der Waals surface area contributed by atoms with Crippen molar-refractivity contribution in [1.29, 1.82) is 0 Å². The number of benzene rings is 3. The van der Waals surface area contributed by atoms with E-state index in [-0.39, 0.29) is 23.0 Å². The molecule has 0 atom stereocenters. The molecule has 2 N–H and O–H groups in total. The maximum Gasteiger partial charge on any atom is 0.267 e. The fourth-order valence-corrected chi connectivity index (χ4v) is 6.95. The minimum atomic E-state index is -0.342. The summed E-state index contributed by atoms with van der Waals surface area (Å²) in [6.45, 7) is 0. The molecule has 0 radical (unpaired) electrons. The zero-order chi connectivity index (χ0) is 26.1. The number of nitrogens with zero attached hydrogens (tertiary/aromatic N) is 3. The van der Waals surface area contributed by atoms with Crippen LogP contribution in [-0.2, 0) is 17.6 Å². The Kier molecular flexibility index (Phi) is 6.70. The molecule has 0 saturated heterocycles. The van der Waals surface area contributed by atoms with E-state index in [2.05, 4.69) is 10.5 Å². The number of fused-ring (bicyclic) bond motifs is 4. The van der Waals surface area contributed by atoms with Gasteiger partial charge in [-0.3, -0.25) is 14.2 Å². The number of phenolic OH excluding ortho intramolecular Hbond substituents is 1. The summed E-state index contributed by atoms with van der Waals surface area (Å²) >= 11 is 2.79. The molecule has 0 spiro atoms. The van der Waals surface area contributed by atoms with Crippen LogP contribution >= 0.6 is 23.1 Å². The Labute approximate surface area is 226 Å². The molecular formula is C29H24N4O3S2. The quantitative estimate of drug-likeness (QED) is 0.130. The van der Waals surface area contributed by atoms with Crippen molar-refractivity contribution in [2.45, 2.75) is 30.8 Å². The summed E-state index contributed by atoms with van der Waals surface area (Å²) in [7, 11) is 0. The second-order valence-electron chi connectivity index (χ2n) is 9.06. The van der Waals surface area contributed by atoms with E-state index in [0.29, 0.717) is 16.1 Å². The van der Waals surface area contributed by atoms with Gasteiger partial charge in [-0.1, -0.05) is 60.3 Å². The molecule has 0 bridgehead atoms. The third-order valence-electron chi connectivity index (χ3n) is 6.64. The first-order chi connectivity index (χ1) is 18.6. The van der Waals surface area contributed by atoms with Gasteiger partial charge in [0.05, 0.1) is 23.0 Å². The number of carbonyl (C=O) groups excluding carboxylic acids is 1. The first kappa shape index (κ1) is 24.4. The number of rotatable bonds is 6. The van der Waals surface area contributed by atoms with Crippen LogP contribution in [0.4, 0.5) is 0 Å². The molecule has 190 valence electrons. The molecule has 2 aromatic heterocycles. The highest BCUT2D eigenvalue weighted by molar-refractivity contribution is 7.99. The Morgan fingerprint density at radius 2 is 1.87 bits per heavy atom. The number of para-hydroxylation sites is 1. The van der Waals surface area contributed by atoms with Crippen LogP contribution in [0, 0.1) is 0 Å². The molecule has 1 amide bonds. The van der Waals surface area contributed by atoms with Gasteiger partial charge in [0.2, 0.25) is 0 Å². The molecule has 38 heavy (non-hydrogen) atoms. The summed E-state index contributed by atoms with van der Waals surface area (Å²) in [5.41, 5.74) is 4.83. The lowest BCUT2D eigenvalue weighted by molar-refractivity contribution is -0.118. The number of hydrogen-bond acceptors (Lipinski definition) is 7. The van der Waals surface area contributed by atoms with Crippen LogP contribution in [0.25, 0.3) is 26.7 Å². The Hall–Kier alpha value is -3.95. The largest absolute Gasteiger partial charge is 0.507 e. The third-order valence-corrected chi connectivity index (χ3v) is 8.76. The molecule has 9 heteroatoms. The summed E-state index contributed by atoms with van der Waals surface area (Å²) in [5, 5.41) is 17.3. The number of aromatic nitrogens is 2. The molecule has 1 aliphatic rings. The average Bonchev–Trinajstić information content (AvgIpc) is 3.32. The van der Waals surface area contributed by atoms with Gasteiger partial charge < -0.3 is 5.11 Å². The number of phenols is 1.